The van der Waals surface area contributed by atoms with E-state index in [1.807, 2.05) is 18.2 Å². The number of furan rings is 1. The van der Waals surface area contributed by atoms with E-state index in [0.29, 0.717) is 30.8 Å². The van der Waals surface area contributed by atoms with Gasteiger partial charge in [0, 0.05) is 30.6 Å². The number of methoxy groups -OCH3 is 1. The Labute approximate surface area is 148 Å². The number of carbonyl (C=O) groups is 1. The first-order chi connectivity index (χ1) is 12.6. The summed E-state index contributed by atoms with van der Waals surface area (Å²) in [5.41, 5.74) is 1.73. The fourth-order valence-electron chi connectivity index (χ4n) is 3.22. The quantitative estimate of drug-likeness (QED) is 0.764. The monoisotopic (exact) mass is 349 g/mol. The molecule has 0 radical (unpaired) electrons. The molecule has 3 aromatic rings. The molecule has 7 nitrogen and oxygen atoms in total. The average Bonchev–Trinajstić information content (AvgIpc) is 3.10. The molecule has 130 valence electrons. The molecule has 1 N–H and O–H groups in total. The molecule has 0 aliphatic carbocycles. The lowest BCUT2D eigenvalue weighted by Crippen LogP contribution is -2.37. The zero-order valence-corrected chi connectivity index (χ0v) is 14.0. The summed E-state index contributed by atoms with van der Waals surface area (Å²) in [6.07, 6.45) is 0.519. The molecule has 3 heterocycles. The third-order valence-electron chi connectivity index (χ3n) is 4.55. The van der Waals surface area contributed by atoms with Crippen LogP contribution in [0.15, 0.2) is 39.5 Å². The number of carbonyl (C=O) groups excluding carboxylic acids is 1. The number of nitrogens with zero attached hydrogens (tertiary/aromatic N) is 2. The Kier molecular flexibility index (Phi) is 3.73. The predicted molar refractivity (Wildman–Crippen MR) is 93.0 cm³/mol. The number of nitriles is 1. The second kappa shape index (κ2) is 6.08. The number of aromatic amines is 1. The van der Waals surface area contributed by atoms with E-state index < -0.39 is 5.56 Å². The highest BCUT2D eigenvalue weighted by Crippen LogP contribution is 2.29. The van der Waals surface area contributed by atoms with Crippen molar-refractivity contribution in [1.29, 1.82) is 5.26 Å². The van der Waals surface area contributed by atoms with Crippen LogP contribution in [0.1, 0.15) is 27.4 Å². The molecule has 7 heteroatoms. The number of pyridine rings is 1. The van der Waals surface area contributed by atoms with Crippen LogP contribution in [-0.4, -0.2) is 29.4 Å². The summed E-state index contributed by atoms with van der Waals surface area (Å²) >= 11 is 0. The minimum Gasteiger partial charge on any atom is -0.493 e. The van der Waals surface area contributed by atoms with E-state index in [0.717, 1.165) is 16.6 Å². The Morgan fingerprint density at radius 2 is 2.23 bits per heavy atom. The van der Waals surface area contributed by atoms with Gasteiger partial charge in [0.15, 0.2) is 17.1 Å². The van der Waals surface area contributed by atoms with Crippen molar-refractivity contribution in [1.82, 2.24) is 9.88 Å². The molecule has 26 heavy (non-hydrogen) atoms. The third-order valence-corrected chi connectivity index (χ3v) is 4.55. The number of H-pyrrole nitrogens is 1. The second-order valence-electron chi connectivity index (χ2n) is 6.09. The topological polar surface area (TPSA) is 99.3 Å². The molecule has 0 bridgehead atoms. The van der Waals surface area contributed by atoms with Crippen LogP contribution in [-0.2, 0) is 13.0 Å². The van der Waals surface area contributed by atoms with Crippen LogP contribution >= 0.6 is 0 Å². The van der Waals surface area contributed by atoms with Gasteiger partial charge in [-0.15, -0.1) is 0 Å². The van der Waals surface area contributed by atoms with Gasteiger partial charge in [0.05, 0.1) is 7.11 Å². The maximum absolute atomic E-state index is 12.9. The SMILES string of the molecule is COc1cccc2cc(C(=O)N3CCc4[nH]c(=O)c(C#N)cc4C3)oc12. The summed E-state index contributed by atoms with van der Waals surface area (Å²) in [5, 5.41) is 9.82. The molecule has 4 rings (SSSR count). The molecule has 0 spiro atoms. The van der Waals surface area contributed by atoms with Crippen molar-refractivity contribution in [2.75, 3.05) is 13.7 Å². The number of fused-ring (bicyclic) bond motifs is 2. The lowest BCUT2D eigenvalue weighted by atomic mass is 10.0. The normalized spacial score (nSPS) is 13.3. The number of nitrogens with one attached hydrogen (secondary N) is 1. The summed E-state index contributed by atoms with van der Waals surface area (Å²) in [4.78, 5) is 29.0. The summed E-state index contributed by atoms with van der Waals surface area (Å²) in [6.45, 7) is 0.773. The molecule has 1 aliphatic heterocycles. The van der Waals surface area contributed by atoms with Crippen molar-refractivity contribution in [3.8, 4) is 11.8 Å². The zero-order chi connectivity index (χ0) is 18.3. The molecule has 2 aromatic heterocycles. The van der Waals surface area contributed by atoms with Gasteiger partial charge >= 0.3 is 0 Å². The summed E-state index contributed by atoms with van der Waals surface area (Å²) < 4.78 is 11.0. The standard InChI is InChI=1S/C19H15N3O4/c1-25-15-4-2-3-11-8-16(26-17(11)15)19(24)22-6-5-14-13(10-22)7-12(9-20)18(23)21-14/h2-4,7-8H,5-6,10H2,1H3,(H,21,23). The van der Waals surface area contributed by atoms with Crippen LogP contribution in [0.4, 0.5) is 0 Å². The minimum atomic E-state index is -0.393. The Balaban J connectivity index is 1.66. The van der Waals surface area contributed by atoms with Crippen LogP contribution < -0.4 is 10.3 Å². The van der Waals surface area contributed by atoms with Gasteiger partial charge in [0.2, 0.25) is 0 Å². The zero-order valence-electron chi connectivity index (χ0n) is 14.0. The molecular weight excluding hydrogens is 334 g/mol. The van der Waals surface area contributed by atoms with Gasteiger partial charge in [-0.1, -0.05) is 12.1 Å². The lowest BCUT2D eigenvalue weighted by Gasteiger charge is -2.27. The number of benzene rings is 1. The number of amides is 1. The molecule has 0 saturated carbocycles. The van der Waals surface area contributed by atoms with E-state index in [9.17, 15) is 9.59 Å². The number of hydrogen-bond acceptors (Lipinski definition) is 5. The number of aromatic nitrogens is 1. The van der Waals surface area contributed by atoms with Crippen LogP contribution in [0.3, 0.4) is 0 Å². The van der Waals surface area contributed by atoms with Crippen LogP contribution in [0, 0.1) is 11.3 Å². The molecule has 0 saturated heterocycles. The minimum absolute atomic E-state index is 0.0477. The molecular formula is C19H15N3O4. The Hall–Kier alpha value is -3.53. The highest BCUT2D eigenvalue weighted by atomic mass is 16.5. The van der Waals surface area contributed by atoms with Crippen LogP contribution in [0.5, 0.6) is 5.75 Å². The lowest BCUT2D eigenvalue weighted by molar-refractivity contribution is 0.0703. The van der Waals surface area contributed by atoms with E-state index in [1.54, 1.807) is 30.2 Å². The molecule has 1 amide bonds. The largest absolute Gasteiger partial charge is 0.493 e. The van der Waals surface area contributed by atoms with Crippen molar-refractivity contribution in [3.63, 3.8) is 0 Å². The summed E-state index contributed by atoms with van der Waals surface area (Å²) in [6, 6.07) is 10.6. The van der Waals surface area contributed by atoms with E-state index >= 15 is 0 Å². The molecule has 1 aromatic carbocycles. The number of para-hydroxylation sites is 1. The smallest absolute Gasteiger partial charge is 0.289 e. The van der Waals surface area contributed by atoms with E-state index in [4.69, 9.17) is 14.4 Å². The van der Waals surface area contributed by atoms with Gasteiger partial charge in [-0.2, -0.15) is 5.26 Å². The third kappa shape index (κ3) is 2.52. The van der Waals surface area contributed by atoms with Crippen molar-refractivity contribution in [2.24, 2.45) is 0 Å². The molecule has 0 fully saturated rings. The Morgan fingerprint density at radius 1 is 1.38 bits per heavy atom. The van der Waals surface area contributed by atoms with Crippen molar-refractivity contribution >= 4 is 16.9 Å². The van der Waals surface area contributed by atoms with Gasteiger partial charge in [-0.3, -0.25) is 9.59 Å². The fourth-order valence-corrected chi connectivity index (χ4v) is 3.22. The maximum atomic E-state index is 12.9. The number of rotatable bonds is 2. The van der Waals surface area contributed by atoms with Crippen LogP contribution in [0.25, 0.3) is 11.0 Å². The van der Waals surface area contributed by atoms with E-state index in [-0.39, 0.29) is 17.2 Å². The van der Waals surface area contributed by atoms with Gasteiger partial charge < -0.3 is 19.0 Å². The molecule has 0 unspecified atom stereocenters. The van der Waals surface area contributed by atoms with Crippen LogP contribution in [0.2, 0.25) is 0 Å². The highest BCUT2D eigenvalue weighted by Gasteiger charge is 2.26. The summed E-state index contributed by atoms with van der Waals surface area (Å²) in [5.74, 6) is 0.568. The van der Waals surface area contributed by atoms with Gasteiger partial charge in [0.1, 0.15) is 11.6 Å². The highest BCUT2D eigenvalue weighted by molar-refractivity contribution is 5.97. The number of ether oxygens (including phenoxy) is 1. The van der Waals surface area contributed by atoms with Gasteiger partial charge in [0.25, 0.3) is 11.5 Å². The second-order valence-corrected chi connectivity index (χ2v) is 6.09. The first-order valence-corrected chi connectivity index (χ1v) is 8.11. The predicted octanol–water partition coefficient (Wildman–Crippen LogP) is 2.20. The average molecular weight is 349 g/mol. The first-order valence-electron chi connectivity index (χ1n) is 8.11. The van der Waals surface area contributed by atoms with Gasteiger partial charge in [-0.05, 0) is 23.8 Å². The van der Waals surface area contributed by atoms with Crippen molar-refractivity contribution < 1.29 is 13.9 Å². The van der Waals surface area contributed by atoms with Crippen molar-refractivity contribution in [2.45, 2.75) is 13.0 Å². The van der Waals surface area contributed by atoms with Gasteiger partial charge in [-0.25, -0.2) is 0 Å². The Morgan fingerprint density at radius 3 is 3.00 bits per heavy atom. The van der Waals surface area contributed by atoms with Crippen molar-refractivity contribution in [3.05, 3.63) is 63.3 Å². The first kappa shape index (κ1) is 16.0. The molecule has 0 atom stereocenters. The maximum Gasteiger partial charge on any atom is 0.289 e. The molecule has 1 aliphatic rings. The number of hydrogen-bond donors (Lipinski definition) is 1. The van der Waals surface area contributed by atoms with E-state index in [2.05, 4.69) is 4.98 Å². The fraction of sp³-hybridized carbons (Fsp3) is 0.211. The summed E-state index contributed by atoms with van der Waals surface area (Å²) in [7, 11) is 1.55. The Bertz CT molecular complexity index is 1120. The van der Waals surface area contributed by atoms with E-state index in [1.165, 1.54) is 0 Å².